The fraction of sp³-hybridized carbons (Fsp3) is 0.235. The molecule has 0 fully saturated rings. The van der Waals surface area contributed by atoms with Gasteiger partial charge in [0.1, 0.15) is 0 Å². The number of rotatable bonds is 1. The fourth-order valence-corrected chi connectivity index (χ4v) is 3.44. The van der Waals surface area contributed by atoms with Crippen molar-refractivity contribution in [3.63, 3.8) is 0 Å². The molecule has 1 heterocycles. The first-order chi connectivity index (χ1) is 9.15. The number of aryl methyl sites for hydroxylation is 2. The van der Waals surface area contributed by atoms with Gasteiger partial charge in [-0.25, -0.2) is 0 Å². The number of carbonyl (C=O) groups is 1. The molecule has 2 aromatic rings. The molecule has 0 unspecified atom stereocenters. The highest BCUT2D eigenvalue weighted by Crippen LogP contribution is 2.30. The van der Waals surface area contributed by atoms with Crippen LogP contribution in [0.1, 0.15) is 38.3 Å². The Bertz CT molecular complexity index is 663. The molecule has 0 amide bonds. The minimum Gasteiger partial charge on any atom is -0.289 e. The summed E-state index contributed by atoms with van der Waals surface area (Å²) in [6.45, 7) is 4.16. The Kier molecular flexibility index (Phi) is 3.11. The average molecular weight is 268 g/mol. The quantitative estimate of drug-likeness (QED) is 0.692. The maximum Gasteiger partial charge on any atom is 0.189 e. The summed E-state index contributed by atoms with van der Waals surface area (Å²) in [7, 11) is 0. The molecule has 2 heteroatoms. The standard InChI is InChI=1S/C17H16OS/c1-11-8-12(2)15-6-5-13(17(18)16(15)9-11)10-14-4-3-7-19-14/h3-4,7-10H,5-6H2,1-2H3/b13-10-. The summed E-state index contributed by atoms with van der Waals surface area (Å²) in [5, 5.41) is 2.04. The molecule has 0 saturated carbocycles. The average Bonchev–Trinajstić information content (AvgIpc) is 2.86. The first kappa shape index (κ1) is 12.4. The van der Waals surface area contributed by atoms with Gasteiger partial charge in [0, 0.05) is 16.0 Å². The molecule has 3 rings (SSSR count). The van der Waals surface area contributed by atoms with E-state index >= 15 is 0 Å². The number of hydrogen-bond donors (Lipinski definition) is 0. The maximum absolute atomic E-state index is 12.6. The number of hydrogen-bond acceptors (Lipinski definition) is 2. The fourth-order valence-electron chi connectivity index (χ4n) is 2.76. The summed E-state index contributed by atoms with van der Waals surface area (Å²) < 4.78 is 0. The van der Waals surface area contributed by atoms with E-state index in [0.717, 1.165) is 28.9 Å². The van der Waals surface area contributed by atoms with Gasteiger partial charge in [0.15, 0.2) is 5.78 Å². The lowest BCUT2D eigenvalue weighted by Crippen LogP contribution is -2.15. The predicted octanol–water partition coefficient (Wildman–Crippen LogP) is 4.58. The van der Waals surface area contributed by atoms with Gasteiger partial charge in [-0.05, 0) is 61.4 Å². The molecule has 1 aromatic carbocycles. The van der Waals surface area contributed by atoms with Crippen LogP contribution >= 0.6 is 11.3 Å². The normalized spacial score (nSPS) is 16.7. The number of Topliss-reactive ketones (excluding diaryl/α,β-unsaturated/α-hetero) is 1. The van der Waals surface area contributed by atoms with Crippen LogP contribution < -0.4 is 0 Å². The molecule has 1 nitrogen and oxygen atoms in total. The highest BCUT2D eigenvalue weighted by molar-refractivity contribution is 7.10. The van der Waals surface area contributed by atoms with Gasteiger partial charge in [-0.3, -0.25) is 4.79 Å². The Balaban J connectivity index is 2.05. The first-order valence-corrected chi connectivity index (χ1v) is 7.42. The first-order valence-electron chi connectivity index (χ1n) is 6.54. The molecule has 0 bridgehead atoms. The van der Waals surface area contributed by atoms with Crippen LogP contribution in [0, 0.1) is 13.8 Å². The van der Waals surface area contributed by atoms with Gasteiger partial charge >= 0.3 is 0 Å². The smallest absolute Gasteiger partial charge is 0.189 e. The lowest BCUT2D eigenvalue weighted by Gasteiger charge is -2.20. The molecule has 1 aliphatic rings. The van der Waals surface area contributed by atoms with E-state index < -0.39 is 0 Å². The molecule has 19 heavy (non-hydrogen) atoms. The van der Waals surface area contributed by atoms with E-state index in [1.807, 2.05) is 23.6 Å². The van der Waals surface area contributed by atoms with Crippen molar-refractivity contribution in [1.82, 2.24) is 0 Å². The monoisotopic (exact) mass is 268 g/mol. The van der Waals surface area contributed by atoms with E-state index in [4.69, 9.17) is 0 Å². The summed E-state index contributed by atoms with van der Waals surface area (Å²) in [4.78, 5) is 13.7. The van der Waals surface area contributed by atoms with Crippen molar-refractivity contribution in [3.8, 4) is 0 Å². The number of thiophene rings is 1. The van der Waals surface area contributed by atoms with Crippen molar-refractivity contribution >= 4 is 23.2 Å². The van der Waals surface area contributed by atoms with Crippen LogP contribution in [0.15, 0.2) is 35.2 Å². The van der Waals surface area contributed by atoms with E-state index in [0.29, 0.717) is 0 Å². The molecular weight excluding hydrogens is 252 g/mol. The van der Waals surface area contributed by atoms with E-state index in [2.05, 4.69) is 26.0 Å². The molecule has 0 saturated heterocycles. The van der Waals surface area contributed by atoms with Gasteiger partial charge < -0.3 is 0 Å². The van der Waals surface area contributed by atoms with Crippen molar-refractivity contribution in [3.05, 3.63) is 62.3 Å². The minimum absolute atomic E-state index is 0.210. The second-order valence-electron chi connectivity index (χ2n) is 5.12. The van der Waals surface area contributed by atoms with Crippen molar-refractivity contribution in [2.45, 2.75) is 26.7 Å². The highest BCUT2D eigenvalue weighted by atomic mass is 32.1. The Hall–Kier alpha value is -1.67. The summed E-state index contributed by atoms with van der Waals surface area (Å²) in [6.07, 6.45) is 3.88. The van der Waals surface area contributed by atoms with Crippen molar-refractivity contribution in [1.29, 1.82) is 0 Å². The van der Waals surface area contributed by atoms with E-state index in [-0.39, 0.29) is 5.78 Å². The highest BCUT2D eigenvalue weighted by Gasteiger charge is 2.23. The van der Waals surface area contributed by atoms with Gasteiger partial charge in [-0.15, -0.1) is 11.3 Å². The van der Waals surface area contributed by atoms with Gasteiger partial charge in [0.2, 0.25) is 0 Å². The third-order valence-electron chi connectivity index (χ3n) is 3.66. The summed E-state index contributed by atoms with van der Waals surface area (Å²) in [5.74, 6) is 0.210. The van der Waals surface area contributed by atoms with Crippen LogP contribution in [0.2, 0.25) is 0 Å². The SMILES string of the molecule is Cc1cc(C)c2c(c1)C(=O)/C(=C\c1cccs1)CC2. The van der Waals surface area contributed by atoms with Crippen LogP contribution in [0.3, 0.4) is 0 Å². The van der Waals surface area contributed by atoms with Crippen molar-refractivity contribution < 1.29 is 4.79 Å². The Morgan fingerprint density at radius 2 is 2.05 bits per heavy atom. The molecule has 96 valence electrons. The van der Waals surface area contributed by atoms with Crippen LogP contribution in [0.5, 0.6) is 0 Å². The van der Waals surface area contributed by atoms with Crippen LogP contribution in [-0.4, -0.2) is 5.78 Å². The third kappa shape index (κ3) is 2.28. The lowest BCUT2D eigenvalue weighted by molar-refractivity contribution is 0.102. The second-order valence-corrected chi connectivity index (χ2v) is 6.10. The van der Waals surface area contributed by atoms with E-state index in [9.17, 15) is 4.79 Å². The number of benzene rings is 1. The summed E-state index contributed by atoms with van der Waals surface area (Å²) in [5.41, 5.74) is 5.51. The largest absolute Gasteiger partial charge is 0.289 e. The molecule has 0 atom stereocenters. The van der Waals surface area contributed by atoms with Crippen molar-refractivity contribution in [2.24, 2.45) is 0 Å². The van der Waals surface area contributed by atoms with Crippen molar-refractivity contribution in [2.75, 3.05) is 0 Å². The molecule has 1 aromatic heterocycles. The van der Waals surface area contributed by atoms with Crippen LogP contribution in [0.25, 0.3) is 6.08 Å². The number of carbonyl (C=O) groups excluding carboxylic acids is 1. The summed E-state index contributed by atoms with van der Waals surface area (Å²) >= 11 is 1.68. The third-order valence-corrected chi connectivity index (χ3v) is 4.48. The van der Waals surface area contributed by atoms with Gasteiger partial charge in [-0.2, -0.15) is 0 Å². The molecule has 0 aliphatic heterocycles. The Labute approximate surface area is 117 Å². The molecule has 0 spiro atoms. The lowest BCUT2D eigenvalue weighted by atomic mass is 9.83. The maximum atomic E-state index is 12.6. The summed E-state index contributed by atoms with van der Waals surface area (Å²) in [6, 6.07) is 8.28. The zero-order valence-electron chi connectivity index (χ0n) is 11.2. The van der Waals surface area contributed by atoms with Crippen LogP contribution in [-0.2, 0) is 6.42 Å². The number of ketones is 1. The zero-order valence-corrected chi connectivity index (χ0v) is 12.0. The molecule has 0 radical (unpaired) electrons. The predicted molar refractivity (Wildman–Crippen MR) is 80.9 cm³/mol. The number of fused-ring (bicyclic) bond motifs is 1. The Morgan fingerprint density at radius 3 is 2.79 bits per heavy atom. The van der Waals surface area contributed by atoms with E-state index in [1.54, 1.807) is 11.3 Å². The second kappa shape index (κ2) is 4.78. The van der Waals surface area contributed by atoms with Crippen LogP contribution in [0.4, 0.5) is 0 Å². The topological polar surface area (TPSA) is 17.1 Å². The molecular formula is C17H16OS. The molecule has 0 N–H and O–H groups in total. The molecule has 1 aliphatic carbocycles. The number of allylic oxidation sites excluding steroid dienone is 1. The zero-order chi connectivity index (χ0) is 13.4. The Morgan fingerprint density at radius 1 is 1.21 bits per heavy atom. The van der Waals surface area contributed by atoms with Gasteiger partial charge in [0.25, 0.3) is 0 Å². The minimum atomic E-state index is 0.210. The van der Waals surface area contributed by atoms with Gasteiger partial charge in [-0.1, -0.05) is 17.7 Å². The van der Waals surface area contributed by atoms with Gasteiger partial charge in [0.05, 0.1) is 0 Å². The van der Waals surface area contributed by atoms with E-state index in [1.165, 1.54) is 16.7 Å².